The fourth-order valence-electron chi connectivity index (χ4n) is 1.73. The molecule has 0 aliphatic carbocycles. The summed E-state index contributed by atoms with van der Waals surface area (Å²) in [5, 5.41) is 6.23. The monoisotopic (exact) mass is 287 g/mol. The number of carbonyl (C=O) groups is 1. The summed E-state index contributed by atoms with van der Waals surface area (Å²) in [6.07, 6.45) is 1.49. The molecule has 3 aromatic rings. The lowest BCUT2D eigenvalue weighted by molar-refractivity contribution is 0.0945. The van der Waals surface area contributed by atoms with Crippen LogP contribution in [0, 0.1) is 5.82 Å². The Kier molecular flexibility index (Phi) is 3.46. The number of furan rings is 1. The Bertz CT molecular complexity index is 752. The number of hydrogen-bond donors (Lipinski definition) is 1. The Balaban J connectivity index is 1.66. The van der Waals surface area contributed by atoms with E-state index in [1.54, 1.807) is 18.2 Å². The summed E-state index contributed by atoms with van der Waals surface area (Å²) in [5.74, 6) is -0.202. The maximum Gasteiger partial charge on any atom is 0.293 e. The van der Waals surface area contributed by atoms with Crippen LogP contribution in [0.15, 0.2) is 51.6 Å². The molecule has 0 saturated heterocycles. The van der Waals surface area contributed by atoms with Crippen molar-refractivity contribution in [3.63, 3.8) is 0 Å². The number of nitrogens with zero attached hydrogens (tertiary/aromatic N) is 2. The van der Waals surface area contributed by atoms with Gasteiger partial charge in [0, 0.05) is 0 Å². The molecule has 0 aliphatic rings. The van der Waals surface area contributed by atoms with Crippen LogP contribution in [0.5, 0.6) is 0 Å². The minimum absolute atomic E-state index is 0.0252. The van der Waals surface area contributed by atoms with Gasteiger partial charge in [-0.05, 0) is 24.3 Å². The molecule has 0 unspecified atom stereocenters. The van der Waals surface area contributed by atoms with E-state index in [1.807, 2.05) is 0 Å². The molecule has 0 spiro atoms. The molecule has 3 rings (SSSR count). The highest BCUT2D eigenvalue weighted by atomic mass is 19.1. The number of aromatic nitrogens is 2. The lowest BCUT2D eigenvalue weighted by Gasteiger charge is -2.02. The van der Waals surface area contributed by atoms with E-state index in [0.717, 1.165) is 0 Å². The molecule has 2 heterocycles. The molecular weight excluding hydrogens is 277 g/mol. The van der Waals surface area contributed by atoms with Crippen molar-refractivity contribution in [2.24, 2.45) is 0 Å². The second kappa shape index (κ2) is 5.58. The van der Waals surface area contributed by atoms with E-state index in [-0.39, 0.29) is 23.8 Å². The molecule has 1 amide bonds. The fourth-order valence-corrected chi connectivity index (χ4v) is 1.73. The summed E-state index contributed by atoms with van der Waals surface area (Å²) in [4.78, 5) is 15.9. The van der Waals surface area contributed by atoms with Crippen molar-refractivity contribution >= 4 is 5.91 Å². The van der Waals surface area contributed by atoms with Crippen molar-refractivity contribution in [2.45, 2.75) is 6.54 Å². The Hall–Kier alpha value is -2.96. The molecule has 2 aromatic heterocycles. The van der Waals surface area contributed by atoms with Gasteiger partial charge in [0.1, 0.15) is 5.82 Å². The third-order valence-corrected chi connectivity index (χ3v) is 2.73. The minimum atomic E-state index is -0.584. The standard InChI is InChI=1S/C14H10FN3O3/c15-10-5-2-1-4-9(10)13(19)16-8-12-17-14(21-18-12)11-6-3-7-20-11/h1-7H,8H2,(H,16,19). The van der Waals surface area contributed by atoms with Gasteiger partial charge >= 0.3 is 0 Å². The minimum Gasteiger partial charge on any atom is -0.459 e. The van der Waals surface area contributed by atoms with Crippen LogP contribution in [-0.2, 0) is 6.54 Å². The van der Waals surface area contributed by atoms with Crippen LogP contribution in [0.4, 0.5) is 4.39 Å². The molecule has 6 nitrogen and oxygen atoms in total. The van der Waals surface area contributed by atoms with Gasteiger partial charge < -0.3 is 14.3 Å². The van der Waals surface area contributed by atoms with E-state index in [0.29, 0.717) is 5.76 Å². The van der Waals surface area contributed by atoms with Gasteiger partial charge in [-0.25, -0.2) is 4.39 Å². The average Bonchev–Trinajstić information content (AvgIpc) is 3.16. The average molecular weight is 287 g/mol. The van der Waals surface area contributed by atoms with Crippen LogP contribution in [0.3, 0.4) is 0 Å². The van der Waals surface area contributed by atoms with Gasteiger partial charge in [0.15, 0.2) is 11.6 Å². The molecule has 0 fully saturated rings. The summed E-state index contributed by atoms with van der Waals surface area (Å²) < 4.78 is 23.5. The maximum absolute atomic E-state index is 13.4. The zero-order valence-corrected chi connectivity index (χ0v) is 10.7. The molecule has 0 bridgehead atoms. The first-order valence-corrected chi connectivity index (χ1v) is 6.13. The number of amides is 1. The Morgan fingerprint density at radius 3 is 2.86 bits per heavy atom. The Labute approximate surface area is 118 Å². The highest BCUT2D eigenvalue weighted by Crippen LogP contribution is 2.16. The Morgan fingerprint density at radius 1 is 1.24 bits per heavy atom. The van der Waals surface area contributed by atoms with E-state index in [2.05, 4.69) is 15.5 Å². The number of hydrogen-bond acceptors (Lipinski definition) is 5. The molecule has 1 aromatic carbocycles. The number of carbonyl (C=O) groups excluding carboxylic acids is 1. The van der Waals surface area contributed by atoms with Crippen molar-refractivity contribution in [3.8, 4) is 11.7 Å². The van der Waals surface area contributed by atoms with Crippen molar-refractivity contribution in [3.05, 3.63) is 59.9 Å². The zero-order chi connectivity index (χ0) is 14.7. The van der Waals surface area contributed by atoms with Crippen LogP contribution in [0.2, 0.25) is 0 Å². The van der Waals surface area contributed by atoms with E-state index < -0.39 is 11.7 Å². The van der Waals surface area contributed by atoms with Crippen LogP contribution < -0.4 is 5.32 Å². The molecule has 106 valence electrons. The predicted molar refractivity (Wildman–Crippen MR) is 69.6 cm³/mol. The lowest BCUT2D eigenvalue weighted by Crippen LogP contribution is -2.24. The molecule has 0 radical (unpaired) electrons. The van der Waals surface area contributed by atoms with Crippen LogP contribution in [0.25, 0.3) is 11.7 Å². The largest absolute Gasteiger partial charge is 0.459 e. The molecule has 0 aliphatic heterocycles. The third kappa shape index (κ3) is 2.81. The van der Waals surface area contributed by atoms with Crippen molar-refractivity contribution < 1.29 is 18.1 Å². The normalized spacial score (nSPS) is 10.5. The van der Waals surface area contributed by atoms with Gasteiger partial charge in [-0.15, -0.1) is 0 Å². The van der Waals surface area contributed by atoms with Gasteiger partial charge in [0.2, 0.25) is 0 Å². The van der Waals surface area contributed by atoms with E-state index >= 15 is 0 Å². The van der Waals surface area contributed by atoms with E-state index in [9.17, 15) is 9.18 Å². The predicted octanol–water partition coefficient (Wildman–Crippen LogP) is 2.40. The summed E-state index contributed by atoms with van der Waals surface area (Å²) >= 11 is 0. The molecule has 0 saturated carbocycles. The number of halogens is 1. The highest BCUT2D eigenvalue weighted by molar-refractivity contribution is 5.94. The van der Waals surface area contributed by atoms with Crippen molar-refractivity contribution in [1.29, 1.82) is 0 Å². The van der Waals surface area contributed by atoms with Gasteiger partial charge in [-0.2, -0.15) is 4.98 Å². The van der Waals surface area contributed by atoms with Gasteiger partial charge in [-0.3, -0.25) is 4.79 Å². The van der Waals surface area contributed by atoms with Gasteiger partial charge in [0.05, 0.1) is 18.4 Å². The summed E-state index contributed by atoms with van der Waals surface area (Å²) in [6.45, 7) is 0.0252. The number of nitrogens with one attached hydrogen (secondary N) is 1. The topological polar surface area (TPSA) is 81.2 Å². The smallest absolute Gasteiger partial charge is 0.293 e. The highest BCUT2D eigenvalue weighted by Gasteiger charge is 2.14. The first kappa shape index (κ1) is 13.0. The third-order valence-electron chi connectivity index (χ3n) is 2.73. The van der Waals surface area contributed by atoms with Gasteiger partial charge in [-0.1, -0.05) is 17.3 Å². The van der Waals surface area contributed by atoms with Crippen LogP contribution in [-0.4, -0.2) is 16.0 Å². The second-order valence-corrected chi connectivity index (χ2v) is 4.16. The quantitative estimate of drug-likeness (QED) is 0.796. The molecule has 7 heteroatoms. The maximum atomic E-state index is 13.4. The van der Waals surface area contributed by atoms with Gasteiger partial charge in [0.25, 0.3) is 11.8 Å². The van der Waals surface area contributed by atoms with Crippen LogP contribution in [0.1, 0.15) is 16.2 Å². The number of benzene rings is 1. The number of rotatable bonds is 4. The molecule has 1 N–H and O–H groups in total. The molecule has 21 heavy (non-hydrogen) atoms. The first-order chi connectivity index (χ1) is 10.2. The van der Waals surface area contributed by atoms with Crippen molar-refractivity contribution in [2.75, 3.05) is 0 Å². The zero-order valence-electron chi connectivity index (χ0n) is 10.7. The first-order valence-electron chi connectivity index (χ1n) is 6.13. The van der Waals surface area contributed by atoms with E-state index in [1.165, 1.54) is 24.5 Å². The van der Waals surface area contributed by atoms with Crippen molar-refractivity contribution in [1.82, 2.24) is 15.5 Å². The summed E-state index contributed by atoms with van der Waals surface area (Å²) in [6, 6.07) is 9.09. The van der Waals surface area contributed by atoms with Crippen LogP contribution >= 0.6 is 0 Å². The second-order valence-electron chi connectivity index (χ2n) is 4.16. The molecular formula is C14H10FN3O3. The lowest BCUT2D eigenvalue weighted by atomic mass is 10.2. The summed E-state index contributed by atoms with van der Waals surface area (Å²) in [5.41, 5.74) is -0.0350. The summed E-state index contributed by atoms with van der Waals surface area (Å²) in [7, 11) is 0. The molecule has 0 atom stereocenters. The van der Waals surface area contributed by atoms with E-state index in [4.69, 9.17) is 8.94 Å². The SMILES string of the molecule is O=C(NCc1noc(-c2ccco2)n1)c1ccccc1F. The Morgan fingerprint density at radius 2 is 2.10 bits per heavy atom. The fraction of sp³-hybridized carbons (Fsp3) is 0.0714.